The van der Waals surface area contributed by atoms with Crippen molar-refractivity contribution in [2.24, 2.45) is 0 Å². The summed E-state index contributed by atoms with van der Waals surface area (Å²) in [7, 11) is 0. The fraction of sp³-hybridized carbons (Fsp3) is 0.400. The lowest BCUT2D eigenvalue weighted by Gasteiger charge is -2.00. The van der Waals surface area contributed by atoms with Crippen molar-refractivity contribution in [3.05, 3.63) is 47.1 Å². The number of aromatic nitrogens is 2. The summed E-state index contributed by atoms with van der Waals surface area (Å²) < 4.78 is 5.25. The molecule has 1 heterocycles. The van der Waals surface area contributed by atoms with Crippen LogP contribution in [-0.4, -0.2) is 10.1 Å². The monoisotopic (exact) mass is 253 g/mol. The van der Waals surface area contributed by atoms with Crippen LogP contribution in [0.4, 0.5) is 0 Å². The van der Waals surface area contributed by atoms with E-state index in [9.17, 15) is 0 Å². The molecule has 2 aromatic rings. The third kappa shape index (κ3) is 2.50. The van der Waals surface area contributed by atoms with Crippen LogP contribution in [0.3, 0.4) is 0 Å². The van der Waals surface area contributed by atoms with Crippen molar-refractivity contribution in [3.8, 4) is 6.07 Å². The molecule has 0 amide bonds. The molecule has 4 nitrogen and oxygen atoms in total. The molecule has 0 saturated heterocycles. The lowest BCUT2D eigenvalue weighted by Crippen LogP contribution is -2.00. The van der Waals surface area contributed by atoms with E-state index in [1.165, 1.54) is 11.1 Å². The summed E-state index contributed by atoms with van der Waals surface area (Å²) in [6.45, 7) is 0. The Balaban J connectivity index is 1.67. The molecule has 96 valence electrons. The number of fused-ring (bicyclic) bond motifs is 1. The Kier molecular flexibility index (Phi) is 3.28. The number of nitrogens with zero attached hydrogens (tertiary/aromatic N) is 3. The highest BCUT2D eigenvalue weighted by Gasteiger charge is 2.26. The second-order valence-corrected chi connectivity index (χ2v) is 4.93. The van der Waals surface area contributed by atoms with Gasteiger partial charge < -0.3 is 4.52 Å². The van der Waals surface area contributed by atoms with Crippen LogP contribution in [0.5, 0.6) is 0 Å². The molecule has 0 bridgehead atoms. The van der Waals surface area contributed by atoms with Gasteiger partial charge in [0.2, 0.25) is 5.89 Å². The van der Waals surface area contributed by atoms with Crippen molar-refractivity contribution in [2.45, 2.75) is 38.0 Å². The highest BCUT2D eigenvalue weighted by Crippen LogP contribution is 2.32. The molecule has 0 saturated carbocycles. The average molecular weight is 253 g/mol. The van der Waals surface area contributed by atoms with Crippen molar-refractivity contribution < 1.29 is 4.52 Å². The number of hydrogen-bond acceptors (Lipinski definition) is 4. The molecule has 0 unspecified atom stereocenters. The van der Waals surface area contributed by atoms with Crippen molar-refractivity contribution in [3.63, 3.8) is 0 Å². The summed E-state index contributed by atoms with van der Waals surface area (Å²) >= 11 is 0. The predicted molar refractivity (Wildman–Crippen MR) is 69.4 cm³/mol. The first-order chi connectivity index (χ1) is 9.36. The maximum absolute atomic E-state index is 8.51. The maximum Gasteiger partial charge on any atom is 0.226 e. The van der Waals surface area contributed by atoms with Crippen LogP contribution in [0.2, 0.25) is 0 Å². The van der Waals surface area contributed by atoms with Crippen molar-refractivity contribution in [2.75, 3.05) is 0 Å². The van der Waals surface area contributed by atoms with Gasteiger partial charge >= 0.3 is 0 Å². The number of unbranched alkanes of at least 4 members (excludes halogenated alkanes) is 1. The Bertz CT molecular complexity index is 587. The molecule has 19 heavy (non-hydrogen) atoms. The van der Waals surface area contributed by atoms with Gasteiger partial charge in [0.15, 0.2) is 5.82 Å². The molecule has 0 fully saturated rings. The van der Waals surface area contributed by atoms with Gasteiger partial charge in [0.05, 0.1) is 6.07 Å². The summed E-state index contributed by atoms with van der Waals surface area (Å²) in [5.41, 5.74) is 2.78. The minimum atomic E-state index is 0.339. The third-order valence-corrected chi connectivity index (χ3v) is 3.58. The van der Waals surface area contributed by atoms with Crippen LogP contribution < -0.4 is 0 Å². The second-order valence-electron chi connectivity index (χ2n) is 4.93. The van der Waals surface area contributed by atoms with E-state index >= 15 is 0 Å². The van der Waals surface area contributed by atoms with Gasteiger partial charge in [-0.3, -0.25) is 0 Å². The first-order valence-electron chi connectivity index (χ1n) is 6.63. The SMILES string of the molecule is N#CCCCc1nc(C2Cc3ccccc3C2)no1. The minimum absolute atomic E-state index is 0.339. The normalized spacial score (nSPS) is 14.3. The Labute approximate surface area is 112 Å². The number of aryl methyl sites for hydroxylation is 1. The highest BCUT2D eigenvalue weighted by molar-refractivity contribution is 5.34. The van der Waals surface area contributed by atoms with E-state index < -0.39 is 0 Å². The molecule has 1 aromatic carbocycles. The molecule has 3 rings (SSSR count). The largest absolute Gasteiger partial charge is 0.339 e. The Hall–Kier alpha value is -2.15. The van der Waals surface area contributed by atoms with Crippen LogP contribution in [0.1, 0.15) is 41.6 Å². The number of benzene rings is 1. The summed E-state index contributed by atoms with van der Waals surface area (Å²) in [6.07, 6.45) is 4.00. The molecule has 0 aliphatic heterocycles. The summed E-state index contributed by atoms with van der Waals surface area (Å²) in [5, 5.41) is 12.6. The Morgan fingerprint density at radius 1 is 1.26 bits per heavy atom. The number of rotatable bonds is 4. The topological polar surface area (TPSA) is 62.7 Å². The van der Waals surface area contributed by atoms with E-state index in [4.69, 9.17) is 9.78 Å². The molecular formula is C15H15N3O. The van der Waals surface area contributed by atoms with E-state index in [0.29, 0.717) is 24.7 Å². The molecule has 1 aliphatic carbocycles. The van der Waals surface area contributed by atoms with Gasteiger partial charge in [0, 0.05) is 18.8 Å². The van der Waals surface area contributed by atoms with E-state index in [1.54, 1.807) is 0 Å². The number of hydrogen-bond donors (Lipinski definition) is 0. The lowest BCUT2D eigenvalue weighted by atomic mass is 10.1. The van der Waals surface area contributed by atoms with Crippen LogP contribution in [0.15, 0.2) is 28.8 Å². The molecule has 1 aromatic heterocycles. The van der Waals surface area contributed by atoms with Crippen LogP contribution in [-0.2, 0) is 19.3 Å². The van der Waals surface area contributed by atoms with Gasteiger partial charge in [-0.25, -0.2) is 0 Å². The summed E-state index contributed by atoms with van der Waals surface area (Å²) in [4.78, 5) is 4.46. The van der Waals surface area contributed by atoms with E-state index in [1.807, 2.05) is 0 Å². The number of nitriles is 1. The second kappa shape index (κ2) is 5.23. The fourth-order valence-corrected chi connectivity index (χ4v) is 2.60. The third-order valence-electron chi connectivity index (χ3n) is 3.58. The Morgan fingerprint density at radius 3 is 2.68 bits per heavy atom. The highest BCUT2D eigenvalue weighted by atomic mass is 16.5. The molecule has 1 aliphatic rings. The quantitative estimate of drug-likeness (QED) is 0.786. The predicted octanol–water partition coefficient (Wildman–Crippen LogP) is 2.80. The lowest BCUT2D eigenvalue weighted by molar-refractivity contribution is 0.368. The average Bonchev–Trinajstić information content (AvgIpc) is 3.04. The zero-order chi connectivity index (χ0) is 13.1. The minimum Gasteiger partial charge on any atom is -0.339 e. The van der Waals surface area contributed by atoms with Crippen molar-refractivity contribution >= 4 is 0 Å². The zero-order valence-corrected chi connectivity index (χ0v) is 10.7. The fourth-order valence-electron chi connectivity index (χ4n) is 2.60. The molecule has 0 radical (unpaired) electrons. The van der Waals surface area contributed by atoms with Gasteiger partial charge in [-0.05, 0) is 30.4 Å². The van der Waals surface area contributed by atoms with Crippen molar-refractivity contribution in [1.82, 2.24) is 10.1 Å². The standard InChI is InChI=1S/C15H15N3O/c16-8-4-3-7-14-17-15(18-19-14)13-9-11-5-1-2-6-12(11)10-13/h1-2,5-6,13H,3-4,7,9-10H2. The van der Waals surface area contributed by atoms with E-state index in [2.05, 4.69) is 40.5 Å². The van der Waals surface area contributed by atoms with Crippen molar-refractivity contribution in [1.29, 1.82) is 5.26 Å². The molecule has 4 heteroatoms. The molecule has 0 atom stereocenters. The Morgan fingerprint density at radius 2 is 2.00 bits per heavy atom. The van der Waals surface area contributed by atoms with Crippen LogP contribution in [0.25, 0.3) is 0 Å². The van der Waals surface area contributed by atoms with Crippen LogP contribution >= 0.6 is 0 Å². The maximum atomic E-state index is 8.51. The first-order valence-corrected chi connectivity index (χ1v) is 6.63. The molecule has 0 spiro atoms. The van der Waals surface area contributed by atoms with E-state index in [0.717, 1.165) is 25.1 Å². The van der Waals surface area contributed by atoms with Gasteiger partial charge in [-0.15, -0.1) is 0 Å². The van der Waals surface area contributed by atoms with Gasteiger partial charge in [0.1, 0.15) is 0 Å². The smallest absolute Gasteiger partial charge is 0.226 e. The van der Waals surface area contributed by atoms with Gasteiger partial charge in [-0.1, -0.05) is 29.4 Å². The van der Waals surface area contributed by atoms with Crippen LogP contribution in [0, 0.1) is 11.3 Å². The van der Waals surface area contributed by atoms with E-state index in [-0.39, 0.29) is 0 Å². The summed E-state index contributed by atoms with van der Waals surface area (Å²) in [6, 6.07) is 10.6. The van der Waals surface area contributed by atoms with Gasteiger partial charge in [0.25, 0.3) is 0 Å². The molecular weight excluding hydrogens is 238 g/mol. The zero-order valence-electron chi connectivity index (χ0n) is 10.7. The first kappa shape index (κ1) is 11.9. The molecule has 0 N–H and O–H groups in total. The summed E-state index contributed by atoms with van der Waals surface area (Å²) in [5.74, 6) is 1.80. The van der Waals surface area contributed by atoms with Gasteiger partial charge in [-0.2, -0.15) is 10.2 Å².